The number of carbonyl (C=O) groups excluding carboxylic acids is 2. The second-order valence-electron chi connectivity index (χ2n) is 4.62. The van der Waals surface area contributed by atoms with E-state index in [1.165, 1.54) is 37.5 Å². The molecule has 0 saturated carbocycles. The Bertz CT molecular complexity index is 761. The minimum absolute atomic E-state index is 0.0658. The highest BCUT2D eigenvalue weighted by Crippen LogP contribution is 2.13. The molecule has 2 aromatic rings. The van der Waals surface area contributed by atoms with Gasteiger partial charge in [-0.25, -0.2) is 4.79 Å². The number of nitro benzene ring substituents is 1. The minimum atomic E-state index is -0.521. The molecule has 0 amide bonds. The van der Waals surface area contributed by atoms with Gasteiger partial charge in [0.05, 0.1) is 17.6 Å². The third-order valence-electron chi connectivity index (χ3n) is 3.12. The molecule has 0 heterocycles. The monoisotopic (exact) mass is 311 g/mol. The van der Waals surface area contributed by atoms with Crippen molar-refractivity contribution in [3.63, 3.8) is 0 Å². The molecule has 0 aliphatic rings. The molecule has 0 atom stereocenters. The molecule has 0 saturated heterocycles. The van der Waals surface area contributed by atoms with Gasteiger partial charge in [-0.1, -0.05) is 18.2 Å². The fourth-order valence-corrected chi connectivity index (χ4v) is 1.86. The van der Waals surface area contributed by atoms with Gasteiger partial charge in [0.15, 0.2) is 5.78 Å². The van der Waals surface area contributed by atoms with Crippen LogP contribution in [-0.4, -0.2) is 23.8 Å². The van der Waals surface area contributed by atoms with Crippen LogP contribution in [0.2, 0.25) is 0 Å². The first-order chi connectivity index (χ1) is 11.0. The summed E-state index contributed by atoms with van der Waals surface area (Å²) in [4.78, 5) is 33.3. The molecule has 0 aliphatic heterocycles. The molecule has 0 aliphatic carbocycles. The molecule has 6 heteroatoms. The van der Waals surface area contributed by atoms with E-state index in [1.54, 1.807) is 30.3 Å². The zero-order valence-corrected chi connectivity index (χ0v) is 12.3. The molecule has 2 aromatic carbocycles. The highest BCUT2D eigenvalue weighted by molar-refractivity contribution is 6.06. The standard InChI is InChI=1S/C17H13NO5/c1-23-17(20)14-5-2-12(3-6-14)4-11-16(19)13-7-9-15(10-8-13)18(21)22/h2-11H,1H3/b11-4+. The van der Waals surface area contributed by atoms with E-state index in [-0.39, 0.29) is 11.5 Å². The van der Waals surface area contributed by atoms with Crippen molar-refractivity contribution in [2.75, 3.05) is 7.11 Å². The van der Waals surface area contributed by atoms with Crippen molar-refractivity contribution in [2.45, 2.75) is 0 Å². The highest BCUT2D eigenvalue weighted by Gasteiger charge is 2.07. The number of allylic oxidation sites excluding steroid dienone is 1. The summed E-state index contributed by atoms with van der Waals surface area (Å²) >= 11 is 0. The molecule has 116 valence electrons. The van der Waals surface area contributed by atoms with Gasteiger partial charge in [0.2, 0.25) is 0 Å². The predicted molar refractivity (Wildman–Crippen MR) is 84.2 cm³/mol. The van der Waals surface area contributed by atoms with Crippen molar-refractivity contribution in [2.24, 2.45) is 0 Å². The summed E-state index contributed by atoms with van der Waals surface area (Å²) in [7, 11) is 1.30. The quantitative estimate of drug-likeness (QED) is 0.278. The number of ketones is 1. The van der Waals surface area contributed by atoms with Crippen LogP contribution in [0, 0.1) is 10.1 Å². The summed E-state index contributed by atoms with van der Waals surface area (Å²) in [5.74, 6) is -0.695. The van der Waals surface area contributed by atoms with Crippen molar-refractivity contribution in [3.05, 3.63) is 81.4 Å². The lowest BCUT2D eigenvalue weighted by Gasteiger charge is -1.99. The van der Waals surface area contributed by atoms with Gasteiger partial charge in [0.1, 0.15) is 0 Å². The van der Waals surface area contributed by atoms with Crippen LogP contribution < -0.4 is 0 Å². The van der Waals surface area contributed by atoms with Crippen LogP contribution >= 0.6 is 0 Å². The largest absolute Gasteiger partial charge is 0.465 e. The predicted octanol–water partition coefficient (Wildman–Crippen LogP) is 3.28. The molecule has 0 radical (unpaired) electrons. The Morgan fingerprint density at radius 3 is 2.09 bits per heavy atom. The number of ether oxygens (including phenoxy) is 1. The number of benzene rings is 2. The van der Waals surface area contributed by atoms with Gasteiger partial charge in [0.25, 0.3) is 5.69 Å². The molecular weight excluding hydrogens is 298 g/mol. The summed E-state index contributed by atoms with van der Waals surface area (Å²) in [6.07, 6.45) is 2.97. The summed E-state index contributed by atoms with van der Waals surface area (Å²) in [5.41, 5.74) is 1.46. The third-order valence-corrected chi connectivity index (χ3v) is 3.12. The third kappa shape index (κ3) is 4.10. The van der Waals surface area contributed by atoms with Crippen LogP contribution in [0.15, 0.2) is 54.6 Å². The van der Waals surface area contributed by atoms with Crippen molar-refractivity contribution >= 4 is 23.5 Å². The zero-order chi connectivity index (χ0) is 16.8. The average molecular weight is 311 g/mol. The van der Waals surface area contributed by atoms with Crippen LogP contribution in [0.25, 0.3) is 6.08 Å². The molecule has 0 N–H and O–H groups in total. The van der Waals surface area contributed by atoms with Crippen LogP contribution in [0.4, 0.5) is 5.69 Å². The van der Waals surface area contributed by atoms with Crippen LogP contribution in [-0.2, 0) is 4.74 Å². The molecular formula is C17H13NO5. The van der Waals surface area contributed by atoms with Crippen molar-refractivity contribution in [1.82, 2.24) is 0 Å². The fraction of sp³-hybridized carbons (Fsp3) is 0.0588. The van der Waals surface area contributed by atoms with E-state index < -0.39 is 10.9 Å². The maximum Gasteiger partial charge on any atom is 0.337 e. The molecule has 0 aromatic heterocycles. The summed E-state index contributed by atoms with van der Waals surface area (Å²) in [5, 5.41) is 10.6. The normalized spacial score (nSPS) is 10.5. The SMILES string of the molecule is COC(=O)c1ccc(/C=C/C(=O)c2ccc([N+](=O)[O-])cc2)cc1. The number of hydrogen-bond donors (Lipinski definition) is 0. The van der Waals surface area contributed by atoms with Crippen molar-refractivity contribution in [1.29, 1.82) is 0 Å². The van der Waals surface area contributed by atoms with E-state index in [0.717, 1.165) is 5.56 Å². The Morgan fingerprint density at radius 1 is 1.00 bits per heavy atom. The molecule has 23 heavy (non-hydrogen) atoms. The lowest BCUT2D eigenvalue weighted by molar-refractivity contribution is -0.384. The summed E-state index contributed by atoms with van der Waals surface area (Å²) in [6, 6.07) is 12.0. The highest BCUT2D eigenvalue weighted by atomic mass is 16.6. The lowest BCUT2D eigenvalue weighted by Crippen LogP contribution is -2.00. The number of methoxy groups -OCH3 is 1. The Hall–Kier alpha value is -3.28. The number of nitrogens with zero attached hydrogens (tertiary/aromatic N) is 1. The number of carbonyl (C=O) groups is 2. The average Bonchev–Trinajstić information content (AvgIpc) is 2.59. The van der Waals surface area contributed by atoms with Gasteiger partial charge in [-0.05, 0) is 35.9 Å². The number of hydrogen-bond acceptors (Lipinski definition) is 5. The van der Waals surface area contributed by atoms with Crippen LogP contribution in [0.3, 0.4) is 0 Å². The van der Waals surface area contributed by atoms with Gasteiger partial charge in [0, 0.05) is 17.7 Å². The minimum Gasteiger partial charge on any atom is -0.465 e. The number of rotatable bonds is 5. The Morgan fingerprint density at radius 2 is 1.57 bits per heavy atom. The number of non-ortho nitro benzene ring substituents is 1. The first-order valence-electron chi connectivity index (χ1n) is 6.66. The van der Waals surface area contributed by atoms with E-state index >= 15 is 0 Å². The van der Waals surface area contributed by atoms with Gasteiger partial charge in [-0.2, -0.15) is 0 Å². The molecule has 0 bridgehead atoms. The topological polar surface area (TPSA) is 86.5 Å². The van der Waals surface area contributed by atoms with Gasteiger partial charge >= 0.3 is 5.97 Å². The molecule has 6 nitrogen and oxygen atoms in total. The van der Waals surface area contributed by atoms with E-state index in [4.69, 9.17) is 0 Å². The molecule has 2 rings (SSSR count). The second-order valence-corrected chi connectivity index (χ2v) is 4.62. The summed E-state index contributed by atoms with van der Waals surface area (Å²) < 4.78 is 4.60. The first kappa shape index (κ1) is 16.1. The van der Waals surface area contributed by atoms with E-state index in [1.807, 2.05) is 0 Å². The maximum absolute atomic E-state index is 12.0. The maximum atomic E-state index is 12.0. The second kappa shape index (κ2) is 7.13. The Kier molecular flexibility index (Phi) is 4.99. The Labute approximate surface area is 132 Å². The van der Waals surface area contributed by atoms with Crippen LogP contribution in [0.1, 0.15) is 26.3 Å². The van der Waals surface area contributed by atoms with E-state index in [9.17, 15) is 19.7 Å². The molecule has 0 fully saturated rings. The fourth-order valence-electron chi connectivity index (χ4n) is 1.86. The zero-order valence-electron chi connectivity index (χ0n) is 12.3. The number of esters is 1. The van der Waals surface area contributed by atoms with Gasteiger partial charge in [-0.15, -0.1) is 0 Å². The van der Waals surface area contributed by atoms with E-state index in [0.29, 0.717) is 11.1 Å². The van der Waals surface area contributed by atoms with Gasteiger partial charge < -0.3 is 4.74 Å². The van der Waals surface area contributed by atoms with E-state index in [2.05, 4.69) is 4.74 Å². The van der Waals surface area contributed by atoms with Gasteiger partial charge in [-0.3, -0.25) is 14.9 Å². The number of nitro groups is 1. The van der Waals surface area contributed by atoms with Crippen LogP contribution in [0.5, 0.6) is 0 Å². The lowest BCUT2D eigenvalue weighted by atomic mass is 10.1. The van der Waals surface area contributed by atoms with Crippen molar-refractivity contribution in [3.8, 4) is 0 Å². The Balaban J connectivity index is 2.08. The smallest absolute Gasteiger partial charge is 0.337 e. The first-order valence-corrected chi connectivity index (χ1v) is 6.66. The summed E-state index contributed by atoms with van der Waals surface area (Å²) in [6.45, 7) is 0. The molecule has 0 spiro atoms. The van der Waals surface area contributed by atoms with Crippen molar-refractivity contribution < 1.29 is 19.2 Å². The molecule has 0 unspecified atom stereocenters.